The number of imidazole rings is 1. The zero-order chi connectivity index (χ0) is 16.9. The Balaban J connectivity index is 1.37. The first kappa shape index (κ1) is 15.4. The molecule has 1 aliphatic carbocycles. The molecule has 2 aromatic rings. The van der Waals surface area contributed by atoms with Gasteiger partial charge >= 0.3 is 6.03 Å². The number of aromatic nitrogens is 2. The van der Waals surface area contributed by atoms with E-state index in [0.29, 0.717) is 12.5 Å². The normalized spacial score (nSPS) is 27.5. The molecule has 0 bridgehead atoms. The van der Waals surface area contributed by atoms with Crippen molar-refractivity contribution in [2.45, 2.75) is 45.9 Å². The lowest BCUT2D eigenvalue weighted by molar-refractivity contribution is -0.108. The SMILES string of the molecule is Cc1cccc2nc(CNC(=O)N[C@@H]3[C@H]4CCO[C@@H]4C3(C)C)cn12. The third-order valence-corrected chi connectivity index (χ3v) is 5.56. The van der Waals surface area contributed by atoms with E-state index in [0.717, 1.165) is 30.1 Å². The molecule has 6 heteroatoms. The minimum atomic E-state index is -0.132. The van der Waals surface area contributed by atoms with Crippen LogP contribution in [0, 0.1) is 18.3 Å². The summed E-state index contributed by atoms with van der Waals surface area (Å²) in [5, 5.41) is 6.06. The largest absolute Gasteiger partial charge is 0.377 e. The molecule has 0 aromatic carbocycles. The molecule has 4 rings (SSSR count). The van der Waals surface area contributed by atoms with Gasteiger partial charge in [0.2, 0.25) is 0 Å². The van der Waals surface area contributed by atoms with Gasteiger partial charge in [-0.15, -0.1) is 0 Å². The molecule has 2 N–H and O–H groups in total. The third kappa shape index (κ3) is 2.36. The third-order valence-electron chi connectivity index (χ3n) is 5.56. The molecule has 24 heavy (non-hydrogen) atoms. The van der Waals surface area contributed by atoms with Gasteiger partial charge < -0.3 is 19.8 Å². The maximum Gasteiger partial charge on any atom is 0.315 e. The van der Waals surface area contributed by atoms with Gasteiger partial charge in [0, 0.05) is 35.9 Å². The number of carbonyl (C=O) groups excluding carboxylic acids is 1. The van der Waals surface area contributed by atoms with E-state index in [1.54, 1.807) is 0 Å². The van der Waals surface area contributed by atoms with Crippen LogP contribution >= 0.6 is 0 Å². The van der Waals surface area contributed by atoms with Gasteiger partial charge in [-0.25, -0.2) is 9.78 Å². The van der Waals surface area contributed by atoms with Gasteiger partial charge in [-0.3, -0.25) is 0 Å². The molecule has 0 unspecified atom stereocenters. The minimum absolute atomic E-state index is 0.00128. The highest BCUT2D eigenvalue weighted by atomic mass is 16.5. The molecule has 1 aliphatic heterocycles. The summed E-state index contributed by atoms with van der Waals surface area (Å²) >= 11 is 0. The van der Waals surface area contributed by atoms with E-state index in [1.807, 2.05) is 35.7 Å². The van der Waals surface area contributed by atoms with Crippen molar-refractivity contribution < 1.29 is 9.53 Å². The molecular formula is C18H24N4O2. The molecule has 0 spiro atoms. The summed E-state index contributed by atoms with van der Waals surface area (Å²) in [6.07, 6.45) is 3.29. The Bertz CT molecular complexity index is 782. The van der Waals surface area contributed by atoms with Crippen molar-refractivity contribution in [1.29, 1.82) is 0 Å². The number of hydrogen-bond acceptors (Lipinski definition) is 3. The summed E-state index contributed by atoms with van der Waals surface area (Å²) in [6, 6.07) is 6.03. The van der Waals surface area contributed by atoms with E-state index < -0.39 is 0 Å². The molecule has 0 radical (unpaired) electrons. The maximum atomic E-state index is 12.3. The lowest BCUT2D eigenvalue weighted by Crippen LogP contribution is -2.67. The first-order valence-corrected chi connectivity index (χ1v) is 8.56. The molecule has 2 fully saturated rings. The van der Waals surface area contributed by atoms with Crippen LogP contribution in [0.1, 0.15) is 31.7 Å². The molecule has 3 atom stereocenters. The first-order valence-electron chi connectivity index (χ1n) is 8.56. The molecule has 2 amide bonds. The summed E-state index contributed by atoms with van der Waals surface area (Å²) in [4.78, 5) is 16.8. The van der Waals surface area contributed by atoms with Gasteiger partial charge in [0.25, 0.3) is 0 Å². The van der Waals surface area contributed by atoms with Crippen molar-refractivity contribution >= 4 is 11.7 Å². The maximum absolute atomic E-state index is 12.3. The van der Waals surface area contributed by atoms with E-state index >= 15 is 0 Å². The Morgan fingerprint density at radius 1 is 1.46 bits per heavy atom. The van der Waals surface area contributed by atoms with Crippen molar-refractivity contribution in [2.24, 2.45) is 11.3 Å². The van der Waals surface area contributed by atoms with Crippen LogP contribution in [0.5, 0.6) is 0 Å². The lowest BCUT2D eigenvalue weighted by atomic mass is 9.57. The van der Waals surface area contributed by atoms with Gasteiger partial charge in [0.05, 0.1) is 18.3 Å². The summed E-state index contributed by atoms with van der Waals surface area (Å²) in [6.45, 7) is 7.59. The Kier molecular flexibility index (Phi) is 3.53. The molecule has 2 aromatic heterocycles. The van der Waals surface area contributed by atoms with Gasteiger partial charge in [-0.1, -0.05) is 19.9 Å². The zero-order valence-corrected chi connectivity index (χ0v) is 14.4. The van der Waals surface area contributed by atoms with Gasteiger partial charge in [-0.05, 0) is 25.5 Å². The number of carbonyl (C=O) groups is 1. The first-order chi connectivity index (χ1) is 11.5. The van der Waals surface area contributed by atoms with Gasteiger partial charge in [0.1, 0.15) is 5.65 Å². The number of rotatable bonds is 3. The summed E-state index contributed by atoms with van der Waals surface area (Å²) in [5.74, 6) is 0.448. The molecule has 128 valence electrons. The minimum Gasteiger partial charge on any atom is -0.377 e. The van der Waals surface area contributed by atoms with Crippen LogP contribution in [0.2, 0.25) is 0 Å². The number of amides is 2. The Labute approximate surface area is 141 Å². The van der Waals surface area contributed by atoms with Crippen LogP contribution in [0.4, 0.5) is 4.79 Å². The van der Waals surface area contributed by atoms with Crippen LogP contribution in [0.25, 0.3) is 5.65 Å². The smallest absolute Gasteiger partial charge is 0.315 e. The fourth-order valence-electron chi connectivity index (χ4n) is 4.26. The van der Waals surface area contributed by atoms with E-state index in [2.05, 4.69) is 29.5 Å². The topological polar surface area (TPSA) is 67.7 Å². The highest BCUT2D eigenvalue weighted by Gasteiger charge is 2.59. The number of fused-ring (bicyclic) bond motifs is 2. The number of ether oxygens (including phenoxy) is 1. The number of nitrogens with zero attached hydrogens (tertiary/aromatic N) is 2. The number of urea groups is 1. The highest BCUT2D eigenvalue weighted by Crippen LogP contribution is 2.52. The van der Waals surface area contributed by atoms with Crippen LogP contribution < -0.4 is 10.6 Å². The second kappa shape index (κ2) is 5.48. The Morgan fingerprint density at radius 3 is 3.08 bits per heavy atom. The van der Waals surface area contributed by atoms with Crippen molar-refractivity contribution in [3.05, 3.63) is 35.8 Å². The number of nitrogens with one attached hydrogen (secondary N) is 2. The average Bonchev–Trinajstić information content (AvgIpc) is 3.16. The molecule has 1 saturated heterocycles. The Morgan fingerprint density at radius 2 is 2.29 bits per heavy atom. The standard InChI is InChI=1S/C18H24N4O2/c1-11-5-4-6-14-20-12(10-22(11)14)9-19-17(23)21-15-13-7-8-24-16(13)18(15,2)3/h4-6,10,13,15-16H,7-9H2,1-3H3,(H2,19,21,23)/t13-,15-,16+/m1/s1. The molecule has 2 aliphatic rings. The van der Waals surface area contributed by atoms with E-state index in [4.69, 9.17) is 4.74 Å². The summed E-state index contributed by atoms with van der Waals surface area (Å²) in [7, 11) is 0. The lowest BCUT2D eigenvalue weighted by Gasteiger charge is -2.54. The predicted octanol–water partition coefficient (Wildman–Crippen LogP) is 2.26. The van der Waals surface area contributed by atoms with Crippen LogP contribution in [-0.4, -0.2) is 34.2 Å². The molecule has 3 heterocycles. The monoisotopic (exact) mass is 328 g/mol. The number of hydrogen-bond donors (Lipinski definition) is 2. The Hall–Kier alpha value is -2.08. The van der Waals surface area contributed by atoms with Gasteiger partial charge in [-0.2, -0.15) is 0 Å². The van der Waals surface area contributed by atoms with Crippen molar-refractivity contribution in [3.63, 3.8) is 0 Å². The fourth-order valence-corrected chi connectivity index (χ4v) is 4.26. The van der Waals surface area contributed by atoms with Gasteiger partial charge in [0.15, 0.2) is 0 Å². The van der Waals surface area contributed by atoms with Crippen LogP contribution in [-0.2, 0) is 11.3 Å². The zero-order valence-electron chi connectivity index (χ0n) is 14.4. The average molecular weight is 328 g/mol. The fraction of sp³-hybridized carbons (Fsp3) is 0.556. The number of aryl methyl sites for hydroxylation is 1. The van der Waals surface area contributed by atoms with Crippen LogP contribution in [0.3, 0.4) is 0 Å². The van der Waals surface area contributed by atoms with E-state index in [1.165, 1.54) is 0 Å². The van der Waals surface area contributed by atoms with Crippen molar-refractivity contribution in [2.75, 3.05) is 6.61 Å². The quantitative estimate of drug-likeness (QED) is 0.908. The number of pyridine rings is 1. The molecular weight excluding hydrogens is 304 g/mol. The summed E-state index contributed by atoms with van der Waals surface area (Å²) in [5.41, 5.74) is 2.88. The van der Waals surface area contributed by atoms with Crippen molar-refractivity contribution in [3.8, 4) is 0 Å². The van der Waals surface area contributed by atoms with E-state index in [-0.39, 0.29) is 23.6 Å². The highest BCUT2D eigenvalue weighted by molar-refractivity contribution is 5.74. The van der Waals surface area contributed by atoms with Crippen molar-refractivity contribution in [1.82, 2.24) is 20.0 Å². The summed E-state index contributed by atoms with van der Waals surface area (Å²) < 4.78 is 7.80. The van der Waals surface area contributed by atoms with E-state index in [9.17, 15) is 4.79 Å². The predicted molar refractivity (Wildman–Crippen MR) is 90.7 cm³/mol. The van der Waals surface area contributed by atoms with Crippen LogP contribution in [0.15, 0.2) is 24.4 Å². The molecule has 1 saturated carbocycles. The second-order valence-corrected chi connectivity index (χ2v) is 7.50. The molecule has 6 nitrogen and oxygen atoms in total. The second-order valence-electron chi connectivity index (χ2n) is 7.50.